The van der Waals surface area contributed by atoms with Crippen LogP contribution in [0.25, 0.3) is 11.3 Å². The van der Waals surface area contributed by atoms with Crippen LogP contribution in [0.2, 0.25) is 0 Å². The van der Waals surface area contributed by atoms with Gasteiger partial charge in [-0.05, 0) is 30.7 Å². The van der Waals surface area contributed by atoms with Crippen LogP contribution in [-0.4, -0.2) is 41.8 Å². The summed E-state index contributed by atoms with van der Waals surface area (Å²) in [4.78, 5) is 37.1. The first-order valence-corrected chi connectivity index (χ1v) is 8.56. The Morgan fingerprint density at radius 2 is 1.96 bits per heavy atom. The van der Waals surface area contributed by atoms with E-state index < -0.39 is 5.91 Å². The average molecular weight is 355 g/mol. The molecule has 1 aliphatic heterocycles. The highest BCUT2D eigenvalue weighted by molar-refractivity contribution is 5.95. The van der Waals surface area contributed by atoms with Crippen LogP contribution in [0.15, 0.2) is 40.8 Å². The number of hydrogen-bond acceptors (Lipinski definition) is 4. The second kappa shape index (κ2) is 7.43. The second-order valence-corrected chi connectivity index (χ2v) is 6.32. The van der Waals surface area contributed by atoms with E-state index in [9.17, 15) is 14.4 Å². The molecule has 0 aliphatic carbocycles. The Bertz CT molecular complexity index is 826. The third kappa shape index (κ3) is 3.77. The molecule has 0 radical (unpaired) electrons. The second-order valence-electron chi connectivity index (χ2n) is 6.32. The summed E-state index contributed by atoms with van der Waals surface area (Å²) >= 11 is 0. The quantitative estimate of drug-likeness (QED) is 0.824. The highest BCUT2D eigenvalue weighted by Crippen LogP contribution is 2.22. The predicted octanol–water partition coefficient (Wildman–Crippen LogP) is 1.79. The van der Waals surface area contributed by atoms with Gasteiger partial charge in [0.2, 0.25) is 5.91 Å². The van der Waals surface area contributed by atoms with Gasteiger partial charge in [0.25, 0.3) is 11.8 Å². The van der Waals surface area contributed by atoms with Gasteiger partial charge < -0.3 is 20.4 Å². The van der Waals surface area contributed by atoms with Crippen LogP contribution in [0.4, 0.5) is 0 Å². The number of hydrogen-bond donors (Lipinski definition) is 2. The maximum Gasteiger partial charge on any atom is 0.284 e. The third-order valence-corrected chi connectivity index (χ3v) is 4.32. The monoisotopic (exact) mass is 355 g/mol. The van der Waals surface area contributed by atoms with Crippen LogP contribution in [0.1, 0.15) is 40.7 Å². The highest BCUT2D eigenvalue weighted by atomic mass is 16.3. The zero-order valence-electron chi connectivity index (χ0n) is 14.5. The maximum atomic E-state index is 12.4. The minimum atomic E-state index is -0.629. The minimum Gasteiger partial charge on any atom is -0.451 e. The Hall–Kier alpha value is -3.09. The molecule has 3 rings (SSSR count). The van der Waals surface area contributed by atoms with Crippen molar-refractivity contribution in [3.63, 3.8) is 0 Å². The maximum absolute atomic E-state index is 12.4. The number of furan rings is 1. The number of likely N-dealkylation sites (tertiary alicyclic amines) is 1. The normalized spacial score (nSPS) is 16.7. The fourth-order valence-electron chi connectivity index (χ4n) is 3.03. The lowest BCUT2D eigenvalue weighted by Crippen LogP contribution is -2.37. The zero-order chi connectivity index (χ0) is 18.7. The molecule has 0 bridgehead atoms. The van der Waals surface area contributed by atoms with Crippen LogP contribution in [-0.2, 0) is 4.79 Å². The molecule has 26 heavy (non-hydrogen) atoms. The third-order valence-electron chi connectivity index (χ3n) is 4.32. The molecule has 7 heteroatoms. The summed E-state index contributed by atoms with van der Waals surface area (Å²) in [5, 5.41) is 2.91. The van der Waals surface area contributed by atoms with Gasteiger partial charge in [-0.15, -0.1) is 0 Å². The first-order chi connectivity index (χ1) is 12.5. The topological polar surface area (TPSA) is 106 Å². The molecule has 1 aromatic carbocycles. The van der Waals surface area contributed by atoms with Crippen molar-refractivity contribution in [3.05, 3.63) is 47.7 Å². The lowest BCUT2D eigenvalue weighted by atomic mass is 10.1. The molecule has 1 atom stereocenters. The fraction of sp³-hybridized carbons (Fsp3) is 0.316. The van der Waals surface area contributed by atoms with E-state index in [0.717, 1.165) is 18.5 Å². The van der Waals surface area contributed by atoms with Crippen molar-refractivity contribution in [3.8, 4) is 11.3 Å². The molecule has 1 fully saturated rings. The molecule has 1 saturated heterocycles. The predicted molar refractivity (Wildman–Crippen MR) is 95.4 cm³/mol. The number of carbonyl (C=O) groups excluding carboxylic acids is 3. The summed E-state index contributed by atoms with van der Waals surface area (Å²) in [6.07, 6.45) is 1.24. The Kier molecular flexibility index (Phi) is 5.06. The highest BCUT2D eigenvalue weighted by Gasteiger charge is 2.30. The summed E-state index contributed by atoms with van der Waals surface area (Å²) in [6, 6.07) is 9.84. The SMILES string of the molecule is CCCN1C[C@H](NC(=O)c2ccc(-c3ccc(C(N)=O)o3)cc2)CC1=O. The van der Waals surface area contributed by atoms with Crippen molar-refractivity contribution < 1.29 is 18.8 Å². The number of benzene rings is 1. The Labute approximate surface area is 151 Å². The number of nitrogens with one attached hydrogen (secondary N) is 1. The number of rotatable bonds is 6. The molecule has 1 aliphatic rings. The van der Waals surface area contributed by atoms with Gasteiger partial charge in [0.1, 0.15) is 5.76 Å². The smallest absolute Gasteiger partial charge is 0.284 e. The van der Waals surface area contributed by atoms with Gasteiger partial charge in [0, 0.05) is 30.6 Å². The molecule has 136 valence electrons. The molecular weight excluding hydrogens is 334 g/mol. The van der Waals surface area contributed by atoms with Crippen LogP contribution in [0.3, 0.4) is 0 Å². The summed E-state index contributed by atoms with van der Waals surface area (Å²) in [5.41, 5.74) is 6.40. The summed E-state index contributed by atoms with van der Waals surface area (Å²) in [5.74, 6) is -0.178. The van der Waals surface area contributed by atoms with Gasteiger partial charge in [-0.2, -0.15) is 0 Å². The van der Waals surface area contributed by atoms with Gasteiger partial charge in [-0.25, -0.2) is 0 Å². The lowest BCUT2D eigenvalue weighted by molar-refractivity contribution is -0.127. The Morgan fingerprint density at radius 1 is 1.23 bits per heavy atom. The molecule has 0 saturated carbocycles. The van der Waals surface area contributed by atoms with E-state index in [2.05, 4.69) is 5.32 Å². The number of nitrogens with zero attached hydrogens (tertiary/aromatic N) is 1. The molecule has 2 aromatic rings. The molecule has 3 N–H and O–H groups in total. The lowest BCUT2D eigenvalue weighted by Gasteiger charge is -2.16. The van der Waals surface area contributed by atoms with Crippen molar-refractivity contribution in [1.82, 2.24) is 10.2 Å². The van der Waals surface area contributed by atoms with Gasteiger partial charge in [-0.3, -0.25) is 14.4 Å². The summed E-state index contributed by atoms with van der Waals surface area (Å²) in [6.45, 7) is 3.29. The van der Waals surface area contributed by atoms with E-state index in [1.165, 1.54) is 6.07 Å². The summed E-state index contributed by atoms with van der Waals surface area (Å²) in [7, 11) is 0. The number of amides is 3. The van der Waals surface area contributed by atoms with Crippen LogP contribution in [0, 0.1) is 0 Å². The van der Waals surface area contributed by atoms with Crippen molar-refractivity contribution in [2.24, 2.45) is 5.73 Å². The van der Waals surface area contributed by atoms with Crippen LogP contribution < -0.4 is 11.1 Å². The van der Waals surface area contributed by atoms with Gasteiger partial charge in [0.05, 0.1) is 6.04 Å². The van der Waals surface area contributed by atoms with E-state index in [1.807, 2.05) is 6.92 Å². The van der Waals surface area contributed by atoms with Crippen molar-refractivity contribution in [1.29, 1.82) is 0 Å². The number of carbonyl (C=O) groups is 3. The number of nitrogens with two attached hydrogens (primary N) is 1. The fourth-order valence-corrected chi connectivity index (χ4v) is 3.03. The van der Waals surface area contributed by atoms with Crippen LogP contribution >= 0.6 is 0 Å². The molecule has 0 unspecified atom stereocenters. The zero-order valence-corrected chi connectivity index (χ0v) is 14.5. The van der Waals surface area contributed by atoms with Gasteiger partial charge in [0.15, 0.2) is 5.76 Å². The standard InChI is InChI=1S/C19H21N3O4/c1-2-9-22-11-14(10-17(22)23)21-19(25)13-5-3-12(4-6-13)15-7-8-16(26-15)18(20)24/h3-8,14H,2,9-11H2,1H3,(H2,20,24)(H,21,25)/t14-/m1/s1. The minimum absolute atomic E-state index is 0.0792. The number of primary amides is 1. The van der Waals surface area contributed by atoms with E-state index in [0.29, 0.717) is 24.3 Å². The Balaban J connectivity index is 1.64. The van der Waals surface area contributed by atoms with E-state index in [4.69, 9.17) is 10.2 Å². The molecule has 2 heterocycles. The largest absolute Gasteiger partial charge is 0.451 e. The summed E-state index contributed by atoms with van der Waals surface area (Å²) < 4.78 is 5.37. The van der Waals surface area contributed by atoms with E-state index >= 15 is 0 Å². The van der Waals surface area contributed by atoms with Gasteiger partial charge in [-0.1, -0.05) is 19.1 Å². The molecule has 1 aromatic heterocycles. The molecule has 3 amide bonds. The van der Waals surface area contributed by atoms with Gasteiger partial charge >= 0.3 is 0 Å². The first kappa shape index (κ1) is 17.7. The van der Waals surface area contributed by atoms with Crippen molar-refractivity contribution in [2.45, 2.75) is 25.8 Å². The first-order valence-electron chi connectivity index (χ1n) is 8.56. The molecular formula is C19H21N3O4. The van der Waals surface area contributed by atoms with Crippen molar-refractivity contribution >= 4 is 17.7 Å². The Morgan fingerprint density at radius 3 is 2.58 bits per heavy atom. The van der Waals surface area contributed by atoms with E-state index in [1.54, 1.807) is 35.2 Å². The average Bonchev–Trinajstić information content (AvgIpc) is 3.23. The van der Waals surface area contributed by atoms with E-state index in [-0.39, 0.29) is 23.6 Å². The van der Waals surface area contributed by atoms with Crippen molar-refractivity contribution in [2.75, 3.05) is 13.1 Å². The van der Waals surface area contributed by atoms with Crippen LogP contribution in [0.5, 0.6) is 0 Å². The molecule has 0 spiro atoms. The molecule has 7 nitrogen and oxygen atoms in total.